The van der Waals surface area contributed by atoms with Crippen molar-refractivity contribution in [3.63, 3.8) is 0 Å². The van der Waals surface area contributed by atoms with Gasteiger partial charge < -0.3 is 15.7 Å². The number of carbonyl (C=O) groups is 1. The summed E-state index contributed by atoms with van der Waals surface area (Å²) in [6.45, 7) is 3.00. The maximum absolute atomic E-state index is 14.3. The zero-order valence-electron chi connectivity index (χ0n) is 21.3. The third-order valence-electron chi connectivity index (χ3n) is 6.60. The fourth-order valence-electron chi connectivity index (χ4n) is 4.72. The van der Waals surface area contributed by atoms with Crippen molar-refractivity contribution in [2.75, 3.05) is 5.32 Å². The van der Waals surface area contributed by atoms with Crippen LogP contribution in [0.5, 0.6) is 0 Å². The Labute approximate surface area is 234 Å². The number of benzene rings is 3. The smallest absolute Gasteiger partial charge is 0.384 e. The minimum Gasteiger partial charge on any atom is -0.384 e. The van der Waals surface area contributed by atoms with Crippen LogP contribution in [0.15, 0.2) is 54.6 Å². The number of rotatable bonds is 4. The molecule has 0 aliphatic carbocycles. The van der Waals surface area contributed by atoms with Gasteiger partial charge >= 0.3 is 6.18 Å². The summed E-state index contributed by atoms with van der Waals surface area (Å²) < 4.78 is 68.3. The number of aliphatic hydroxyl groups is 1. The van der Waals surface area contributed by atoms with Crippen molar-refractivity contribution in [3.8, 4) is 0 Å². The summed E-state index contributed by atoms with van der Waals surface area (Å²) in [5.74, 6) is -1.22. The minimum absolute atomic E-state index is 0.0289. The molecule has 1 unspecified atom stereocenters. The van der Waals surface area contributed by atoms with E-state index in [0.29, 0.717) is 17.5 Å². The zero-order chi connectivity index (χ0) is 29.9. The Morgan fingerprint density at radius 3 is 2.44 bits per heavy atom. The average molecular weight is 588 g/mol. The molecule has 1 atom stereocenters. The molecule has 1 amide bonds. The zero-order valence-corrected chi connectivity index (χ0v) is 22.0. The molecule has 3 N–H and O–H groups in total. The number of nitrogens with zero attached hydrogens (tertiary/aromatic N) is 1. The Bertz CT molecular complexity index is 1790. The number of hydrogen-bond donors (Lipinski definition) is 3. The second-order valence-corrected chi connectivity index (χ2v) is 10.3. The Morgan fingerprint density at radius 2 is 1.78 bits per heavy atom. The van der Waals surface area contributed by atoms with Crippen LogP contribution >= 0.6 is 11.6 Å². The molecule has 3 aromatic carbocycles. The van der Waals surface area contributed by atoms with Gasteiger partial charge in [0.05, 0.1) is 22.8 Å². The molecule has 12 heteroatoms. The number of fused-ring (bicyclic) bond motifs is 3. The highest BCUT2D eigenvalue weighted by molar-refractivity contribution is 6.31. The van der Waals surface area contributed by atoms with Crippen molar-refractivity contribution in [1.82, 2.24) is 10.3 Å². The summed E-state index contributed by atoms with van der Waals surface area (Å²) >= 11 is 6.36. The standard InChI is InChI=1S/C29H19ClF5N3O3/c1-28(2,41)23-6-4-17-20(36-23)11-21(38-27(40)13-7-14(29(33,34)35)9-16(32)8-13)25-24(17)22(12-39)37-26(25)18-10-15(31)3-5-19(18)30/h3-11,26,37,41H,1-2H3,(H,38,40). The van der Waals surface area contributed by atoms with Crippen molar-refractivity contribution in [2.45, 2.75) is 31.7 Å². The molecule has 1 aliphatic heterocycles. The van der Waals surface area contributed by atoms with E-state index < -0.39 is 46.5 Å². The second kappa shape index (κ2) is 9.95. The fraction of sp³-hybridized carbons (Fsp3) is 0.172. The van der Waals surface area contributed by atoms with Crippen LogP contribution in [0.4, 0.5) is 27.6 Å². The van der Waals surface area contributed by atoms with Crippen molar-refractivity contribution in [3.05, 3.63) is 105 Å². The molecule has 41 heavy (non-hydrogen) atoms. The predicted molar refractivity (Wildman–Crippen MR) is 142 cm³/mol. The van der Waals surface area contributed by atoms with E-state index in [1.54, 1.807) is 12.0 Å². The molecule has 5 rings (SSSR count). The maximum atomic E-state index is 14.3. The third-order valence-corrected chi connectivity index (χ3v) is 6.94. The van der Waals surface area contributed by atoms with Gasteiger partial charge in [0, 0.05) is 38.4 Å². The van der Waals surface area contributed by atoms with Crippen LogP contribution in [0.3, 0.4) is 0 Å². The molecule has 0 saturated carbocycles. The van der Waals surface area contributed by atoms with Crippen LogP contribution in [0.1, 0.15) is 58.2 Å². The summed E-state index contributed by atoms with van der Waals surface area (Å²) in [6.07, 6.45) is -4.91. The molecule has 0 radical (unpaired) electrons. The number of amides is 1. The van der Waals surface area contributed by atoms with E-state index in [2.05, 4.69) is 15.6 Å². The van der Waals surface area contributed by atoms with E-state index >= 15 is 0 Å². The first-order valence-electron chi connectivity index (χ1n) is 12.0. The molecule has 2 heterocycles. The lowest BCUT2D eigenvalue weighted by atomic mass is 9.92. The highest BCUT2D eigenvalue weighted by Crippen LogP contribution is 2.46. The lowest BCUT2D eigenvalue weighted by molar-refractivity contribution is -0.137. The Morgan fingerprint density at radius 1 is 1.05 bits per heavy atom. The van der Waals surface area contributed by atoms with Gasteiger partial charge in [-0.3, -0.25) is 4.79 Å². The van der Waals surface area contributed by atoms with E-state index in [-0.39, 0.29) is 50.4 Å². The number of carbonyl (C=O) groups excluding carboxylic acids is 2. The predicted octanol–water partition coefficient (Wildman–Crippen LogP) is 6.53. The largest absolute Gasteiger partial charge is 0.416 e. The number of alkyl halides is 3. The Kier molecular flexibility index (Phi) is 6.85. The SMILES string of the molecule is CC(C)(O)c1ccc2c3c(c(NC(=O)c4cc(F)cc(C(F)(F)F)c4)cc2n1)C(c1cc(F)ccc1Cl)NC3=C=O. The number of hydrogen-bond acceptors (Lipinski definition) is 5. The lowest BCUT2D eigenvalue weighted by Crippen LogP contribution is -2.19. The van der Waals surface area contributed by atoms with Crippen molar-refractivity contribution in [1.29, 1.82) is 0 Å². The molecular formula is C29H19ClF5N3O3. The van der Waals surface area contributed by atoms with E-state index in [1.165, 1.54) is 32.0 Å². The van der Waals surface area contributed by atoms with E-state index in [0.717, 1.165) is 12.1 Å². The highest BCUT2D eigenvalue weighted by atomic mass is 35.5. The van der Waals surface area contributed by atoms with Crippen LogP contribution in [0, 0.1) is 11.6 Å². The monoisotopic (exact) mass is 587 g/mol. The molecule has 210 valence electrons. The van der Waals surface area contributed by atoms with Crippen molar-refractivity contribution in [2.24, 2.45) is 0 Å². The summed E-state index contributed by atoms with van der Waals surface area (Å²) in [5, 5.41) is 16.4. The van der Waals surface area contributed by atoms with E-state index in [9.17, 15) is 36.6 Å². The van der Waals surface area contributed by atoms with E-state index in [1.807, 2.05) is 0 Å². The van der Waals surface area contributed by atoms with Crippen LogP contribution < -0.4 is 10.6 Å². The van der Waals surface area contributed by atoms with Crippen LogP contribution in [-0.2, 0) is 16.6 Å². The second-order valence-electron chi connectivity index (χ2n) is 9.94. The normalized spacial score (nSPS) is 15.0. The molecule has 1 aliphatic rings. The molecule has 6 nitrogen and oxygen atoms in total. The van der Waals surface area contributed by atoms with Gasteiger partial charge in [0.2, 0.25) is 0 Å². The Balaban J connectivity index is 1.75. The summed E-state index contributed by atoms with van der Waals surface area (Å²) in [5.41, 5.74) is -2.37. The van der Waals surface area contributed by atoms with Crippen LogP contribution in [-0.4, -0.2) is 21.9 Å². The van der Waals surface area contributed by atoms with Gasteiger partial charge in [0.1, 0.15) is 22.9 Å². The highest BCUT2D eigenvalue weighted by Gasteiger charge is 2.36. The van der Waals surface area contributed by atoms with Gasteiger partial charge in [-0.1, -0.05) is 17.7 Å². The van der Waals surface area contributed by atoms with Crippen LogP contribution in [0.2, 0.25) is 5.02 Å². The molecule has 0 fully saturated rings. The topological polar surface area (TPSA) is 91.3 Å². The van der Waals surface area contributed by atoms with Gasteiger partial charge in [-0.2, -0.15) is 13.2 Å². The summed E-state index contributed by atoms with van der Waals surface area (Å²) in [4.78, 5) is 29.7. The molecule has 4 aromatic rings. The van der Waals surface area contributed by atoms with Crippen LogP contribution in [0.25, 0.3) is 16.6 Å². The number of halogens is 6. The molecule has 0 bridgehead atoms. The molecule has 0 saturated heterocycles. The average Bonchev–Trinajstić information content (AvgIpc) is 3.28. The van der Waals surface area contributed by atoms with Crippen molar-refractivity contribution >= 4 is 45.7 Å². The quantitative estimate of drug-likeness (QED) is 0.187. The summed E-state index contributed by atoms with van der Waals surface area (Å²) in [7, 11) is 0. The molecule has 0 spiro atoms. The first kappa shape index (κ1) is 28.2. The Hall–Kier alpha value is -4.31. The molecule has 1 aromatic heterocycles. The van der Waals surface area contributed by atoms with E-state index in [4.69, 9.17) is 11.6 Å². The number of aromatic nitrogens is 1. The first-order chi connectivity index (χ1) is 19.2. The van der Waals surface area contributed by atoms with Gasteiger partial charge in [0.25, 0.3) is 5.91 Å². The third kappa shape index (κ3) is 5.27. The number of pyridine rings is 1. The van der Waals surface area contributed by atoms with Gasteiger partial charge in [-0.25, -0.2) is 18.6 Å². The van der Waals surface area contributed by atoms with Crippen molar-refractivity contribution < 1.29 is 36.6 Å². The molecular weight excluding hydrogens is 569 g/mol. The summed E-state index contributed by atoms with van der Waals surface area (Å²) in [6, 6.07) is 8.49. The number of nitrogens with one attached hydrogen (secondary N) is 2. The number of anilines is 1. The fourth-order valence-corrected chi connectivity index (χ4v) is 4.95. The van der Waals surface area contributed by atoms with Gasteiger partial charge in [0.15, 0.2) is 5.94 Å². The maximum Gasteiger partial charge on any atom is 0.416 e. The van der Waals surface area contributed by atoms with Gasteiger partial charge in [-0.15, -0.1) is 0 Å². The lowest BCUT2D eigenvalue weighted by Gasteiger charge is -2.20. The minimum atomic E-state index is -4.91. The van der Waals surface area contributed by atoms with Gasteiger partial charge in [-0.05, 0) is 62.4 Å². The first-order valence-corrected chi connectivity index (χ1v) is 12.4.